The molecule has 0 saturated carbocycles. The maximum absolute atomic E-state index is 13.3. The molecular weight excluding hydrogens is 566 g/mol. The first-order chi connectivity index (χ1) is 18.1. The van der Waals surface area contributed by atoms with Crippen molar-refractivity contribution in [1.29, 1.82) is 0 Å². The molecule has 9 nitrogen and oxygen atoms in total. The van der Waals surface area contributed by atoms with Crippen LogP contribution in [0.15, 0.2) is 56.5 Å². The second-order valence-corrected chi connectivity index (χ2v) is 11.1. The molecule has 1 saturated heterocycles. The first kappa shape index (κ1) is 26.2. The Hall–Kier alpha value is -3.44. The summed E-state index contributed by atoms with van der Waals surface area (Å²) in [7, 11) is 3.16. The van der Waals surface area contributed by atoms with Crippen LogP contribution < -0.4 is 21.5 Å². The van der Waals surface area contributed by atoms with Gasteiger partial charge in [-0.25, -0.2) is 4.79 Å². The summed E-state index contributed by atoms with van der Waals surface area (Å²) in [5.41, 5.74) is 4.45. The number of nitrogens with one attached hydrogen (secondary N) is 1. The Morgan fingerprint density at radius 2 is 1.61 bits per heavy atom. The molecule has 0 atom stereocenters. The molecule has 5 rings (SSSR count). The molecule has 38 heavy (non-hydrogen) atoms. The Morgan fingerprint density at radius 3 is 2.24 bits per heavy atom. The third-order valence-electron chi connectivity index (χ3n) is 6.90. The van der Waals surface area contributed by atoms with Crippen LogP contribution in [0.2, 0.25) is 0 Å². The minimum absolute atomic E-state index is 0.351. The lowest BCUT2D eigenvalue weighted by Gasteiger charge is -2.36. The maximum atomic E-state index is 13.3. The molecule has 2 aromatic heterocycles. The van der Waals surface area contributed by atoms with Crippen molar-refractivity contribution < 1.29 is 0 Å². The van der Waals surface area contributed by atoms with Crippen LogP contribution >= 0.6 is 28.1 Å². The predicted octanol–water partition coefficient (Wildman–Crippen LogP) is 3.38. The molecule has 4 aromatic rings. The van der Waals surface area contributed by atoms with Gasteiger partial charge in [-0.15, -0.1) is 0 Å². The van der Waals surface area contributed by atoms with E-state index in [-0.39, 0.29) is 5.56 Å². The maximum Gasteiger partial charge on any atom is 0.332 e. The Bertz CT molecular complexity index is 1630. The summed E-state index contributed by atoms with van der Waals surface area (Å²) < 4.78 is 5.50. The zero-order chi connectivity index (χ0) is 27.1. The van der Waals surface area contributed by atoms with E-state index >= 15 is 0 Å². The Labute approximate surface area is 234 Å². The average Bonchev–Trinajstić information content (AvgIpc) is 3.26. The number of fused-ring (bicyclic) bond motifs is 1. The molecule has 2 aromatic carbocycles. The Balaban J connectivity index is 1.44. The van der Waals surface area contributed by atoms with Gasteiger partial charge in [-0.1, -0.05) is 34.1 Å². The number of halogens is 1. The monoisotopic (exact) mass is 595 g/mol. The quantitative estimate of drug-likeness (QED) is 0.362. The van der Waals surface area contributed by atoms with Gasteiger partial charge in [-0.05, 0) is 67.0 Å². The fraction of sp³-hybridized carbons (Fsp3) is 0.333. The van der Waals surface area contributed by atoms with Gasteiger partial charge in [0, 0.05) is 50.4 Å². The molecule has 0 bridgehead atoms. The van der Waals surface area contributed by atoms with E-state index in [0.29, 0.717) is 54.9 Å². The van der Waals surface area contributed by atoms with E-state index < -0.39 is 5.69 Å². The van der Waals surface area contributed by atoms with Gasteiger partial charge in [0.05, 0.1) is 6.54 Å². The number of rotatable bonds is 4. The molecule has 11 heteroatoms. The van der Waals surface area contributed by atoms with E-state index in [4.69, 9.17) is 17.2 Å². The summed E-state index contributed by atoms with van der Waals surface area (Å²) in [4.78, 5) is 35.0. The van der Waals surface area contributed by atoms with E-state index in [2.05, 4.69) is 63.1 Å². The molecule has 1 fully saturated rings. The van der Waals surface area contributed by atoms with E-state index in [1.165, 1.54) is 22.7 Å². The molecular formula is C27H30BrN7O2S. The highest BCUT2D eigenvalue weighted by Crippen LogP contribution is 2.24. The van der Waals surface area contributed by atoms with Crippen LogP contribution in [-0.4, -0.2) is 54.9 Å². The van der Waals surface area contributed by atoms with Gasteiger partial charge in [0.15, 0.2) is 16.3 Å². The molecule has 198 valence electrons. The number of thiocarbonyl (C=S) groups is 1. The van der Waals surface area contributed by atoms with Crippen LogP contribution in [0, 0.1) is 13.8 Å². The number of nitrogens with zero attached hydrogens (tertiary/aromatic N) is 6. The van der Waals surface area contributed by atoms with E-state index in [1.807, 2.05) is 28.8 Å². The molecule has 0 radical (unpaired) electrons. The standard InChI is InChI=1S/C27H30BrN7O2S/c1-17-13-18(2)15-21(14-17)29-26(38)34-11-9-33(10-12-34)25-30-23-22(24(36)32(4)27(37)31(23)3)35(25)16-19-5-7-20(28)8-6-19/h5-8,13-15H,9-12,16H2,1-4H3,(H,29,38). The molecule has 0 spiro atoms. The summed E-state index contributed by atoms with van der Waals surface area (Å²) in [5.74, 6) is 0.675. The Morgan fingerprint density at radius 1 is 0.974 bits per heavy atom. The lowest BCUT2D eigenvalue weighted by Crippen LogP contribution is -2.50. The normalized spacial score (nSPS) is 13.8. The van der Waals surface area contributed by atoms with Gasteiger partial charge in [-0.3, -0.25) is 18.5 Å². The predicted molar refractivity (Wildman–Crippen MR) is 159 cm³/mol. The van der Waals surface area contributed by atoms with Crippen molar-refractivity contribution in [2.24, 2.45) is 14.1 Å². The zero-order valence-electron chi connectivity index (χ0n) is 21.9. The van der Waals surface area contributed by atoms with Gasteiger partial charge >= 0.3 is 5.69 Å². The number of aryl methyl sites for hydroxylation is 3. The van der Waals surface area contributed by atoms with Crippen molar-refractivity contribution >= 4 is 56.1 Å². The lowest BCUT2D eigenvalue weighted by molar-refractivity contribution is 0.386. The van der Waals surface area contributed by atoms with Crippen LogP contribution in [0.25, 0.3) is 11.2 Å². The molecule has 1 aliphatic heterocycles. The topological polar surface area (TPSA) is 80.3 Å². The highest BCUT2D eigenvalue weighted by Gasteiger charge is 2.26. The molecule has 0 amide bonds. The average molecular weight is 597 g/mol. The molecule has 1 aliphatic rings. The number of anilines is 2. The summed E-state index contributed by atoms with van der Waals surface area (Å²) in [6.45, 7) is 7.36. The summed E-state index contributed by atoms with van der Waals surface area (Å²) in [5, 5.41) is 4.07. The van der Waals surface area contributed by atoms with Crippen molar-refractivity contribution in [3.8, 4) is 0 Å². The van der Waals surface area contributed by atoms with Crippen LogP contribution in [0.4, 0.5) is 11.6 Å². The van der Waals surface area contributed by atoms with Crippen molar-refractivity contribution in [2.45, 2.75) is 20.4 Å². The number of hydrogen-bond donors (Lipinski definition) is 1. The van der Waals surface area contributed by atoms with Gasteiger partial charge in [-0.2, -0.15) is 4.98 Å². The first-order valence-electron chi connectivity index (χ1n) is 12.4. The number of hydrogen-bond acceptors (Lipinski definition) is 5. The van der Waals surface area contributed by atoms with Crippen molar-refractivity contribution in [2.75, 3.05) is 36.4 Å². The fourth-order valence-corrected chi connectivity index (χ4v) is 5.52. The minimum atomic E-state index is -0.394. The summed E-state index contributed by atoms with van der Waals surface area (Å²) >= 11 is 9.21. The summed E-state index contributed by atoms with van der Waals surface area (Å²) in [6, 6.07) is 14.3. The second-order valence-electron chi connectivity index (χ2n) is 9.78. The van der Waals surface area contributed by atoms with E-state index in [1.54, 1.807) is 7.05 Å². The van der Waals surface area contributed by atoms with Crippen LogP contribution in [0.3, 0.4) is 0 Å². The number of aromatic nitrogens is 4. The minimum Gasteiger partial charge on any atom is -0.345 e. The van der Waals surface area contributed by atoms with Crippen molar-refractivity contribution in [3.63, 3.8) is 0 Å². The van der Waals surface area contributed by atoms with Gasteiger partial charge < -0.3 is 15.1 Å². The lowest BCUT2D eigenvalue weighted by atomic mass is 10.1. The zero-order valence-corrected chi connectivity index (χ0v) is 24.3. The number of piperazine rings is 1. The smallest absolute Gasteiger partial charge is 0.332 e. The Kier molecular flexibility index (Phi) is 7.15. The van der Waals surface area contributed by atoms with Crippen molar-refractivity contribution in [3.05, 3.63) is 84.5 Å². The fourth-order valence-electron chi connectivity index (χ4n) is 4.96. The number of imidazole rings is 1. The SMILES string of the molecule is Cc1cc(C)cc(NC(=S)N2CCN(c3nc4c(c(=O)n(C)c(=O)n4C)n3Cc3ccc(Br)cc3)CC2)c1. The molecule has 0 aliphatic carbocycles. The third kappa shape index (κ3) is 5.00. The largest absolute Gasteiger partial charge is 0.345 e. The van der Waals surface area contributed by atoms with Crippen LogP contribution in [-0.2, 0) is 20.6 Å². The van der Waals surface area contributed by atoms with Gasteiger partial charge in [0.1, 0.15) is 0 Å². The van der Waals surface area contributed by atoms with Crippen molar-refractivity contribution in [1.82, 2.24) is 23.6 Å². The third-order valence-corrected chi connectivity index (χ3v) is 7.79. The van der Waals surface area contributed by atoms with Crippen LogP contribution in [0.1, 0.15) is 16.7 Å². The summed E-state index contributed by atoms with van der Waals surface area (Å²) in [6.07, 6.45) is 0. The van der Waals surface area contributed by atoms with E-state index in [0.717, 1.165) is 20.3 Å². The molecule has 1 N–H and O–H groups in total. The highest BCUT2D eigenvalue weighted by molar-refractivity contribution is 9.10. The highest BCUT2D eigenvalue weighted by atomic mass is 79.9. The van der Waals surface area contributed by atoms with Gasteiger partial charge in [0.25, 0.3) is 5.56 Å². The van der Waals surface area contributed by atoms with E-state index in [9.17, 15) is 9.59 Å². The number of benzene rings is 2. The molecule has 0 unspecified atom stereocenters. The van der Waals surface area contributed by atoms with Gasteiger partial charge in [0.2, 0.25) is 5.95 Å². The first-order valence-corrected chi connectivity index (χ1v) is 13.6. The van der Waals surface area contributed by atoms with Crippen LogP contribution in [0.5, 0.6) is 0 Å². The second kappa shape index (κ2) is 10.4. The molecule has 3 heterocycles.